The minimum absolute atomic E-state index is 0.172. The summed E-state index contributed by atoms with van der Waals surface area (Å²) >= 11 is 4.92. The molecule has 0 spiro atoms. The van der Waals surface area contributed by atoms with Crippen molar-refractivity contribution in [3.8, 4) is 0 Å². The van der Waals surface area contributed by atoms with Gasteiger partial charge in [0, 0.05) is 24.3 Å². The summed E-state index contributed by atoms with van der Waals surface area (Å²) in [6.45, 7) is 3.01. The zero-order valence-electron chi connectivity index (χ0n) is 9.61. The van der Waals surface area contributed by atoms with Crippen LogP contribution in [0, 0.1) is 5.82 Å². The number of rotatable bonds is 2. The Kier molecular flexibility index (Phi) is 3.05. The molecule has 1 saturated heterocycles. The number of hydrogen-bond acceptors (Lipinski definition) is 3. The molecule has 1 aromatic rings. The fraction of sp³-hybridized carbons (Fsp3) is 0.417. The number of nitrogens with zero attached hydrogens (tertiary/aromatic N) is 1. The smallest absolute Gasteiger partial charge is 0.124 e. The van der Waals surface area contributed by atoms with Gasteiger partial charge < -0.3 is 15.7 Å². The highest BCUT2D eigenvalue weighted by atomic mass is 32.1. The zero-order chi connectivity index (χ0) is 12.6. The third-order valence-electron chi connectivity index (χ3n) is 3.02. The summed E-state index contributed by atoms with van der Waals surface area (Å²) in [5.74, 6) is -0.359. The largest absolute Gasteiger partial charge is 0.389 e. The van der Waals surface area contributed by atoms with Crippen LogP contribution in [0.4, 0.5) is 10.1 Å². The van der Waals surface area contributed by atoms with Crippen molar-refractivity contribution in [3.63, 3.8) is 0 Å². The van der Waals surface area contributed by atoms with Crippen molar-refractivity contribution in [2.24, 2.45) is 5.73 Å². The van der Waals surface area contributed by atoms with E-state index in [2.05, 4.69) is 0 Å². The highest BCUT2D eigenvalue weighted by Gasteiger charge is 2.32. The fourth-order valence-electron chi connectivity index (χ4n) is 2.13. The quantitative estimate of drug-likeness (QED) is 0.784. The van der Waals surface area contributed by atoms with Crippen molar-refractivity contribution in [2.75, 3.05) is 18.0 Å². The molecule has 0 amide bonds. The van der Waals surface area contributed by atoms with Gasteiger partial charge in [-0.3, -0.25) is 0 Å². The monoisotopic (exact) mass is 254 g/mol. The maximum Gasteiger partial charge on any atom is 0.124 e. The first-order chi connectivity index (χ1) is 7.89. The van der Waals surface area contributed by atoms with Crippen molar-refractivity contribution in [1.82, 2.24) is 0 Å². The molecular weight excluding hydrogens is 239 g/mol. The van der Waals surface area contributed by atoms with Gasteiger partial charge in [-0.25, -0.2) is 4.39 Å². The summed E-state index contributed by atoms with van der Waals surface area (Å²) in [4.78, 5) is 2.15. The average molecular weight is 254 g/mol. The summed E-state index contributed by atoms with van der Waals surface area (Å²) < 4.78 is 13.2. The van der Waals surface area contributed by atoms with Crippen molar-refractivity contribution in [3.05, 3.63) is 29.6 Å². The van der Waals surface area contributed by atoms with Crippen LogP contribution in [0.3, 0.4) is 0 Å². The Bertz CT molecular complexity index is 462. The van der Waals surface area contributed by atoms with Crippen LogP contribution in [0.1, 0.15) is 18.9 Å². The average Bonchev–Trinajstić information content (AvgIpc) is 2.58. The third kappa shape index (κ3) is 2.56. The van der Waals surface area contributed by atoms with Gasteiger partial charge in [-0.2, -0.15) is 0 Å². The Balaban J connectivity index is 2.36. The molecule has 92 valence electrons. The number of nitrogens with two attached hydrogens (primary N) is 1. The molecule has 1 unspecified atom stereocenters. The van der Waals surface area contributed by atoms with E-state index in [1.54, 1.807) is 13.0 Å². The molecule has 3 nitrogen and oxygen atoms in total. The summed E-state index contributed by atoms with van der Waals surface area (Å²) in [7, 11) is 0. The van der Waals surface area contributed by atoms with Crippen molar-refractivity contribution in [1.29, 1.82) is 0 Å². The number of halogens is 1. The van der Waals surface area contributed by atoms with E-state index in [9.17, 15) is 9.50 Å². The van der Waals surface area contributed by atoms with E-state index in [-0.39, 0.29) is 10.8 Å². The Morgan fingerprint density at radius 3 is 2.82 bits per heavy atom. The number of hydrogen-bond donors (Lipinski definition) is 2. The summed E-state index contributed by atoms with van der Waals surface area (Å²) in [6.07, 6.45) is 0.682. The van der Waals surface area contributed by atoms with Crippen LogP contribution in [-0.2, 0) is 0 Å². The number of aliphatic hydroxyl groups is 1. The highest BCUT2D eigenvalue weighted by Crippen LogP contribution is 2.29. The molecule has 1 aliphatic heterocycles. The second kappa shape index (κ2) is 4.23. The molecule has 0 aromatic heterocycles. The van der Waals surface area contributed by atoms with Crippen molar-refractivity contribution < 1.29 is 9.50 Å². The molecule has 0 radical (unpaired) electrons. The predicted octanol–water partition coefficient (Wildman–Crippen LogP) is 1.42. The number of benzene rings is 1. The molecule has 5 heteroatoms. The first-order valence-electron chi connectivity index (χ1n) is 5.46. The minimum Gasteiger partial charge on any atom is -0.389 e. The molecule has 1 heterocycles. The molecule has 1 fully saturated rings. The lowest BCUT2D eigenvalue weighted by Gasteiger charge is -2.23. The van der Waals surface area contributed by atoms with Crippen LogP contribution < -0.4 is 10.6 Å². The van der Waals surface area contributed by atoms with Gasteiger partial charge in [-0.15, -0.1) is 0 Å². The van der Waals surface area contributed by atoms with Crippen LogP contribution >= 0.6 is 12.2 Å². The molecule has 3 N–H and O–H groups in total. The van der Waals surface area contributed by atoms with E-state index in [0.29, 0.717) is 25.1 Å². The lowest BCUT2D eigenvalue weighted by Crippen LogP contribution is -2.30. The second-order valence-electron chi connectivity index (χ2n) is 4.69. The highest BCUT2D eigenvalue weighted by molar-refractivity contribution is 7.80. The molecule has 1 atom stereocenters. The zero-order valence-corrected chi connectivity index (χ0v) is 10.4. The van der Waals surface area contributed by atoms with Gasteiger partial charge in [-0.05, 0) is 31.5 Å². The van der Waals surface area contributed by atoms with E-state index in [4.69, 9.17) is 18.0 Å². The van der Waals surface area contributed by atoms with Crippen LogP contribution in [0.25, 0.3) is 0 Å². The van der Waals surface area contributed by atoms with E-state index >= 15 is 0 Å². The van der Waals surface area contributed by atoms with Crippen molar-refractivity contribution in [2.45, 2.75) is 18.9 Å². The summed E-state index contributed by atoms with van der Waals surface area (Å²) in [6, 6.07) is 4.38. The maximum absolute atomic E-state index is 13.2. The SMILES string of the molecule is CC1(O)CCN(c2ccc(F)cc2C(N)=S)C1. The normalized spacial score (nSPS) is 24.1. The van der Waals surface area contributed by atoms with E-state index in [0.717, 1.165) is 5.69 Å². The first kappa shape index (κ1) is 12.3. The Morgan fingerprint density at radius 2 is 2.29 bits per heavy atom. The summed E-state index contributed by atoms with van der Waals surface area (Å²) in [5, 5.41) is 9.93. The van der Waals surface area contributed by atoms with E-state index in [1.165, 1.54) is 12.1 Å². The van der Waals surface area contributed by atoms with Crippen LogP contribution in [-0.4, -0.2) is 28.8 Å². The Morgan fingerprint density at radius 1 is 1.59 bits per heavy atom. The van der Waals surface area contributed by atoms with Gasteiger partial charge in [0.15, 0.2) is 0 Å². The van der Waals surface area contributed by atoms with Gasteiger partial charge in [0.25, 0.3) is 0 Å². The first-order valence-corrected chi connectivity index (χ1v) is 5.86. The standard InChI is InChI=1S/C12H15FN2OS/c1-12(16)4-5-15(7-12)10-3-2-8(13)6-9(10)11(14)17/h2-3,6,16H,4-5,7H2,1H3,(H2,14,17). The van der Waals surface area contributed by atoms with Crippen LogP contribution in [0.15, 0.2) is 18.2 Å². The number of anilines is 1. The van der Waals surface area contributed by atoms with Gasteiger partial charge in [0.2, 0.25) is 0 Å². The van der Waals surface area contributed by atoms with Gasteiger partial charge in [-0.1, -0.05) is 12.2 Å². The summed E-state index contributed by atoms with van der Waals surface area (Å²) in [5.41, 5.74) is 6.20. The third-order valence-corrected chi connectivity index (χ3v) is 3.24. The molecule has 0 aliphatic carbocycles. The molecule has 1 aromatic carbocycles. The van der Waals surface area contributed by atoms with Crippen LogP contribution in [0.5, 0.6) is 0 Å². The number of thiocarbonyl (C=S) groups is 1. The van der Waals surface area contributed by atoms with Crippen LogP contribution in [0.2, 0.25) is 0 Å². The van der Waals surface area contributed by atoms with Gasteiger partial charge in [0.1, 0.15) is 10.8 Å². The molecule has 1 aliphatic rings. The lowest BCUT2D eigenvalue weighted by molar-refractivity contribution is 0.0839. The number of β-amino-alcohol motifs (C(OH)–C–C–N with tert-alkyl or cyclic N) is 1. The van der Waals surface area contributed by atoms with Gasteiger partial charge in [0.05, 0.1) is 5.60 Å². The van der Waals surface area contributed by atoms with E-state index < -0.39 is 5.60 Å². The predicted molar refractivity (Wildman–Crippen MR) is 69.7 cm³/mol. The molecule has 0 saturated carbocycles. The second-order valence-corrected chi connectivity index (χ2v) is 5.13. The Labute approximate surface area is 105 Å². The fourth-order valence-corrected chi connectivity index (χ4v) is 2.30. The van der Waals surface area contributed by atoms with Gasteiger partial charge >= 0.3 is 0 Å². The topological polar surface area (TPSA) is 49.5 Å². The lowest BCUT2D eigenvalue weighted by atomic mass is 10.1. The minimum atomic E-state index is -0.706. The molecule has 17 heavy (non-hydrogen) atoms. The Hall–Kier alpha value is -1.20. The van der Waals surface area contributed by atoms with E-state index in [1.807, 2.05) is 4.90 Å². The maximum atomic E-state index is 13.2. The molecular formula is C12H15FN2OS. The molecule has 2 rings (SSSR count). The molecule has 0 bridgehead atoms. The van der Waals surface area contributed by atoms with Crippen molar-refractivity contribution >= 4 is 22.9 Å².